The van der Waals surface area contributed by atoms with E-state index in [1.165, 1.54) is 7.11 Å². The summed E-state index contributed by atoms with van der Waals surface area (Å²) < 4.78 is 42.4. The molecular formula is C8H9F3N2O. The molecule has 0 atom stereocenters. The van der Waals surface area contributed by atoms with Crippen molar-refractivity contribution in [2.75, 3.05) is 7.11 Å². The van der Waals surface area contributed by atoms with Gasteiger partial charge in [-0.3, -0.25) is 0 Å². The molecule has 78 valence electrons. The molecule has 0 fully saturated rings. The predicted molar refractivity (Wildman–Crippen MR) is 43.6 cm³/mol. The van der Waals surface area contributed by atoms with E-state index in [1.807, 2.05) is 0 Å². The number of aromatic nitrogens is 1. The van der Waals surface area contributed by atoms with Crippen LogP contribution in [0.5, 0.6) is 5.75 Å². The van der Waals surface area contributed by atoms with Crippen LogP contribution >= 0.6 is 0 Å². The van der Waals surface area contributed by atoms with Crippen molar-refractivity contribution in [3.63, 3.8) is 0 Å². The average Bonchev–Trinajstić information content (AvgIpc) is 2.16. The van der Waals surface area contributed by atoms with Gasteiger partial charge in [0.25, 0.3) is 6.43 Å². The minimum atomic E-state index is -2.95. The van der Waals surface area contributed by atoms with E-state index in [9.17, 15) is 13.2 Å². The van der Waals surface area contributed by atoms with Crippen molar-refractivity contribution in [1.29, 1.82) is 0 Å². The quantitative estimate of drug-likeness (QED) is 0.764. The summed E-state index contributed by atoms with van der Waals surface area (Å²) in [7, 11) is 1.28. The number of methoxy groups -OCH3 is 1. The third-order valence-electron chi connectivity index (χ3n) is 1.78. The predicted octanol–water partition coefficient (Wildman–Crippen LogP) is 1.63. The SMILES string of the molecule is COc1cnc(F)c(C(F)F)c1CN. The van der Waals surface area contributed by atoms with Crippen molar-refractivity contribution in [2.45, 2.75) is 13.0 Å². The van der Waals surface area contributed by atoms with Crippen LogP contribution in [0.2, 0.25) is 0 Å². The monoisotopic (exact) mass is 206 g/mol. The van der Waals surface area contributed by atoms with Gasteiger partial charge in [-0.2, -0.15) is 4.39 Å². The van der Waals surface area contributed by atoms with Crippen molar-refractivity contribution in [3.8, 4) is 5.75 Å². The lowest BCUT2D eigenvalue weighted by atomic mass is 10.1. The number of nitrogens with two attached hydrogens (primary N) is 1. The van der Waals surface area contributed by atoms with Gasteiger partial charge in [-0.1, -0.05) is 0 Å². The van der Waals surface area contributed by atoms with E-state index in [1.54, 1.807) is 0 Å². The lowest BCUT2D eigenvalue weighted by Crippen LogP contribution is -2.08. The first-order valence-corrected chi connectivity index (χ1v) is 3.81. The van der Waals surface area contributed by atoms with E-state index in [0.29, 0.717) is 0 Å². The smallest absolute Gasteiger partial charge is 0.268 e. The number of halogens is 3. The fourth-order valence-corrected chi connectivity index (χ4v) is 1.13. The summed E-state index contributed by atoms with van der Waals surface area (Å²) in [6.45, 7) is -0.220. The molecule has 1 aromatic heterocycles. The van der Waals surface area contributed by atoms with Crippen LogP contribution in [0.3, 0.4) is 0 Å². The van der Waals surface area contributed by atoms with Gasteiger partial charge in [0.2, 0.25) is 5.95 Å². The largest absolute Gasteiger partial charge is 0.495 e. The summed E-state index contributed by atoms with van der Waals surface area (Å²) >= 11 is 0. The maximum atomic E-state index is 12.9. The molecule has 1 heterocycles. The summed E-state index contributed by atoms with van der Waals surface area (Å²) in [4.78, 5) is 3.15. The molecule has 0 aliphatic heterocycles. The fourth-order valence-electron chi connectivity index (χ4n) is 1.13. The Morgan fingerprint density at radius 3 is 2.64 bits per heavy atom. The van der Waals surface area contributed by atoms with Gasteiger partial charge in [0.15, 0.2) is 0 Å². The number of nitrogens with zero attached hydrogens (tertiary/aromatic N) is 1. The highest BCUT2D eigenvalue weighted by Crippen LogP contribution is 2.30. The molecule has 0 radical (unpaired) electrons. The van der Waals surface area contributed by atoms with Crippen LogP contribution in [-0.2, 0) is 6.54 Å². The molecule has 6 heteroatoms. The highest BCUT2D eigenvalue weighted by Gasteiger charge is 2.22. The Morgan fingerprint density at radius 1 is 1.57 bits per heavy atom. The molecule has 0 spiro atoms. The molecule has 1 aromatic rings. The van der Waals surface area contributed by atoms with Gasteiger partial charge in [-0.25, -0.2) is 13.8 Å². The zero-order chi connectivity index (χ0) is 10.7. The van der Waals surface area contributed by atoms with Gasteiger partial charge in [0, 0.05) is 12.1 Å². The van der Waals surface area contributed by atoms with E-state index in [4.69, 9.17) is 10.5 Å². The summed E-state index contributed by atoms with van der Waals surface area (Å²) in [6.07, 6.45) is -1.92. The Bertz CT molecular complexity index is 331. The van der Waals surface area contributed by atoms with Gasteiger partial charge in [-0.05, 0) is 0 Å². The molecule has 0 bridgehead atoms. The van der Waals surface area contributed by atoms with E-state index in [2.05, 4.69) is 4.98 Å². The molecule has 0 amide bonds. The second-order valence-corrected chi connectivity index (χ2v) is 2.51. The van der Waals surface area contributed by atoms with Gasteiger partial charge in [-0.15, -0.1) is 0 Å². The van der Waals surface area contributed by atoms with E-state index < -0.39 is 17.9 Å². The lowest BCUT2D eigenvalue weighted by molar-refractivity contribution is 0.143. The zero-order valence-corrected chi connectivity index (χ0v) is 7.43. The van der Waals surface area contributed by atoms with Crippen LogP contribution in [0.25, 0.3) is 0 Å². The Balaban J connectivity index is 3.35. The summed E-state index contributed by atoms with van der Waals surface area (Å²) in [6, 6.07) is 0. The van der Waals surface area contributed by atoms with Crippen LogP contribution in [0.4, 0.5) is 13.2 Å². The molecule has 0 saturated heterocycles. The molecule has 0 aromatic carbocycles. The van der Waals surface area contributed by atoms with Gasteiger partial charge < -0.3 is 10.5 Å². The Labute approximate surface area is 78.7 Å². The molecule has 3 nitrogen and oxygen atoms in total. The standard InChI is InChI=1S/C8H9F3N2O/c1-14-5-3-13-8(11)6(7(9)10)4(5)2-12/h3,7H,2,12H2,1H3. The third kappa shape index (κ3) is 1.79. The van der Waals surface area contributed by atoms with Crippen molar-refractivity contribution >= 4 is 0 Å². The average molecular weight is 206 g/mol. The molecule has 0 aliphatic carbocycles. The molecule has 0 saturated carbocycles. The van der Waals surface area contributed by atoms with E-state index in [-0.39, 0.29) is 17.9 Å². The maximum absolute atomic E-state index is 12.9. The fraction of sp³-hybridized carbons (Fsp3) is 0.375. The molecule has 14 heavy (non-hydrogen) atoms. The number of hydrogen-bond acceptors (Lipinski definition) is 3. The summed E-state index contributed by atoms with van der Waals surface area (Å²) in [5.41, 5.74) is 4.39. The van der Waals surface area contributed by atoms with Gasteiger partial charge in [0.05, 0.1) is 18.9 Å². The lowest BCUT2D eigenvalue weighted by Gasteiger charge is -2.11. The first kappa shape index (κ1) is 10.8. The van der Waals surface area contributed by atoms with Crippen molar-refractivity contribution in [1.82, 2.24) is 4.98 Å². The zero-order valence-electron chi connectivity index (χ0n) is 7.43. The van der Waals surface area contributed by atoms with E-state index >= 15 is 0 Å². The number of pyridine rings is 1. The first-order chi connectivity index (χ1) is 6.61. The maximum Gasteiger partial charge on any atom is 0.268 e. The topological polar surface area (TPSA) is 48.1 Å². The second kappa shape index (κ2) is 4.28. The normalized spacial score (nSPS) is 10.7. The molecule has 2 N–H and O–H groups in total. The minimum Gasteiger partial charge on any atom is -0.495 e. The van der Waals surface area contributed by atoms with Crippen LogP contribution in [0.1, 0.15) is 17.6 Å². The summed E-state index contributed by atoms with van der Waals surface area (Å²) in [5, 5.41) is 0. The van der Waals surface area contributed by atoms with Gasteiger partial charge >= 0.3 is 0 Å². The Hall–Kier alpha value is -1.30. The van der Waals surface area contributed by atoms with Crippen LogP contribution in [-0.4, -0.2) is 12.1 Å². The number of rotatable bonds is 3. The van der Waals surface area contributed by atoms with Crippen molar-refractivity contribution < 1.29 is 17.9 Å². The Kier molecular flexibility index (Phi) is 3.29. The second-order valence-electron chi connectivity index (χ2n) is 2.51. The highest BCUT2D eigenvalue weighted by molar-refractivity contribution is 5.38. The number of ether oxygens (including phenoxy) is 1. The summed E-state index contributed by atoms with van der Waals surface area (Å²) in [5.74, 6) is -1.13. The molecular weight excluding hydrogens is 197 g/mol. The van der Waals surface area contributed by atoms with Crippen LogP contribution < -0.4 is 10.5 Å². The number of hydrogen-bond donors (Lipinski definition) is 1. The van der Waals surface area contributed by atoms with Crippen molar-refractivity contribution in [3.05, 3.63) is 23.3 Å². The Morgan fingerprint density at radius 2 is 2.21 bits per heavy atom. The minimum absolute atomic E-state index is 0.0463. The van der Waals surface area contributed by atoms with Crippen LogP contribution in [0.15, 0.2) is 6.20 Å². The number of alkyl halides is 2. The molecule has 0 unspecified atom stereocenters. The van der Waals surface area contributed by atoms with Gasteiger partial charge in [0.1, 0.15) is 5.75 Å². The highest BCUT2D eigenvalue weighted by atomic mass is 19.3. The van der Waals surface area contributed by atoms with Crippen molar-refractivity contribution in [2.24, 2.45) is 5.73 Å². The molecule has 0 aliphatic rings. The third-order valence-corrected chi connectivity index (χ3v) is 1.78. The van der Waals surface area contributed by atoms with Crippen LogP contribution in [0, 0.1) is 5.95 Å². The molecule has 1 rings (SSSR count). The van der Waals surface area contributed by atoms with E-state index in [0.717, 1.165) is 6.20 Å². The first-order valence-electron chi connectivity index (χ1n) is 3.81.